The monoisotopic (exact) mass is 660 g/mol. The van der Waals surface area contributed by atoms with Gasteiger partial charge in [-0.3, -0.25) is 9.59 Å². The first-order valence-corrected chi connectivity index (χ1v) is 13.4. The number of carbonyl (C=O) groups excluding carboxylic acids is 1. The van der Waals surface area contributed by atoms with Crippen LogP contribution in [0.3, 0.4) is 0 Å². The molecule has 1 heterocycles. The van der Waals surface area contributed by atoms with E-state index in [1.165, 1.54) is 18.0 Å². The Hall–Kier alpha value is -3.21. The molecular weight excluding hydrogens is 640 g/mol. The van der Waals surface area contributed by atoms with E-state index in [2.05, 4.69) is 47.3 Å². The molecule has 1 N–H and O–H groups in total. The molecule has 0 saturated heterocycles. The normalized spacial score (nSPS) is 11.3. The molecule has 3 aromatic carbocycles. The summed E-state index contributed by atoms with van der Waals surface area (Å²) in [5.41, 5.74) is 1.37. The van der Waals surface area contributed by atoms with Gasteiger partial charge in [0.05, 0.1) is 24.2 Å². The van der Waals surface area contributed by atoms with E-state index in [0.717, 1.165) is 4.47 Å². The van der Waals surface area contributed by atoms with E-state index in [1.807, 2.05) is 19.9 Å². The summed E-state index contributed by atoms with van der Waals surface area (Å²) in [7, 11) is 1.50. The fourth-order valence-electron chi connectivity index (χ4n) is 3.63. The van der Waals surface area contributed by atoms with Gasteiger partial charge in [-0.25, -0.2) is 4.98 Å². The lowest BCUT2D eigenvalue weighted by molar-refractivity contribution is -0.118. The van der Waals surface area contributed by atoms with E-state index in [-0.39, 0.29) is 24.0 Å². The first-order valence-electron chi connectivity index (χ1n) is 11.5. The van der Waals surface area contributed by atoms with E-state index in [1.54, 1.807) is 48.5 Å². The van der Waals surface area contributed by atoms with Crippen molar-refractivity contribution < 1.29 is 14.3 Å². The van der Waals surface area contributed by atoms with Gasteiger partial charge >= 0.3 is 0 Å². The van der Waals surface area contributed by atoms with Crippen LogP contribution in [0.25, 0.3) is 10.9 Å². The van der Waals surface area contributed by atoms with Gasteiger partial charge < -0.3 is 14.8 Å². The number of rotatable bonds is 8. The lowest BCUT2D eigenvalue weighted by Gasteiger charge is -2.15. The number of halogens is 3. The summed E-state index contributed by atoms with van der Waals surface area (Å²) >= 11 is 12.8. The number of hydrogen-bond acceptors (Lipinski definition) is 6. The first kappa shape index (κ1) is 27.8. The fourth-order valence-corrected chi connectivity index (χ4v) is 4.57. The molecule has 0 saturated carbocycles. The smallest absolute Gasteiger partial charge is 0.282 e. The predicted octanol–water partition coefficient (Wildman–Crippen LogP) is 6.61. The highest BCUT2D eigenvalue weighted by Crippen LogP contribution is 2.34. The van der Waals surface area contributed by atoms with Crippen LogP contribution >= 0.6 is 43.5 Å². The molecule has 1 amide bonds. The molecule has 0 atom stereocenters. The van der Waals surface area contributed by atoms with E-state index in [4.69, 9.17) is 21.1 Å². The molecule has 4 rings (SSSR count). The van der Waals surface area contributed by atoms with Gasteiger partial charge in [-0.15, -0.1) is 0 Å². The van der Waals surface area contributed by atoms with Gasteiger partial charge in [0.1, 0.15) is 5.82 Å². The van der Waals surface area contributed by atoms with Crippen molar-refractivity contribution in [1.82, 2.24) is 9.66 Å². The summed E-state index contributed by atoms with van der Waals surface area (Å²) in [6.07, 6.45) is 1.48. The van der Waals surface area contributed by atoms with Gasteiger partial charge in [-0.05, 0) is 54.6 Å². The summed E-state index contributed by atoms with van der Waals surface area (Å²) in [6, 6.07) is 15.6. The van der Waals surface area contributed by atoms with Crippen molar-refractivity contribution in [3.05, 3.63) is 90.3 Å². The lowest BCUT2D eigenvalue weighted by atomic mass is 10.2. The zero-order chi connectivity index (χ0) is 27.4. The van der Waals surface area contributed by atoms with Gasteiger partial charge in [0, 0.05) is 31.1 Å². The summed E-state index contributed by atoms with van der Waals surface area (Å²) in [5.74, 6) is 0.742. The van der Waals surface area contributed by atoms with Crippen molar-refractivity contribution in [2.45, 2.75) is 19.8 Å². The van der Waals surface area contributed by atoms with Crippen LogP contribution in [0.1, 0.15) is 31.2 Å². The Morgan fingerprint density at radius 2 is 1.87 bits per heavy atom. The van der Waals surface area contributed by atoms with Crippen molar-refractivity contribution in [3.63, 3.8) is 0 Å². The summed E-state index contributed by atoms with van der Waals surface area (Å²) in [5, 5.41) is 8.24. The molecule has 0 fully saturated rings. The molecule has 0 aliphatic carbocycles. The minimum atomic E-state index is -0.372. The number of nitrogens with zero attached hydrogens (tertiary/aromatic N) is 3. The highest BCUT2D eigenvalue weighted by Gasteiger charge is 2.16. The number of methoxy groups -OCH3 is 1. The number of hydrogen-bond donors (Lipinski definition) is 1. The maximum absolute atomic E-state index is 13.4. The van der Waals surface area contributed by atoms with Crippen molar-refractivity contribution in [2.24, 2.45) is 5.10 Å². The number of carbonyl (C=O) groups is 1. The molecule has 0 radical (unpaired) electrons. The average molecular weight is 663 g/mol. The molecule has 0 bridgehead atoms. The van der Waals surface area contributed by atoms with Crippen LogP contribution in [0.2, 0.25) is 5.02 Å². The Kier molecular flexibility index (Phi) is 8.86. The number of fused-ring (bicyclic) bond motifs is 1. The molecule has 1 aromatic heterocycles. The number of aromatic nitrogens is 2. The Morgan fingerprint density at radius 3 is 2.55 bits per heavy atom. The number of anilines is 1. The molecule has 0 aliphatic heterocycles. The standard InChI is InChI=1S/C27H23Br2ClN4O4/c1-15(2)26-33-22-9-4-17(28)11-21(22)27(36)34(26)31-13-16-10-18(29)12-23(37-3)25(16)38-14-24(35)32-20-7-5-19(30)6-8-20/h4-13,15H,14H2,1-3H3,(H,32,35). The Balaban J connectivity index is 1.68. The third-order valence-electron chi connectivity index (χ3n) is 5.41. The van der Waals surface area contributed by atoms with E-state index >= 15 is 0 Å². The molecule has 196 valence electrons. The second-order valence-corrected chi connectivity index (χ2v) is 10.8. The Labute approximate surface area is 240 Å². The fraction of sp³-hybridized carbons (Fsp3) is 0.185. The SMILES string of the molecule is COc1cc(Br)cc(C=Nn2c(C(C)C)nc3ccc(Br)cc3c2=O)c1OCC(=O)Nc1ccc(Cl)cc1. The maximum atomic E-state index is 13.4. The van der Waals surface area contributed by atoms with Crippen LogP contribution in [0.15, 0.2) is 73.4 Å². The van der Waals surface area contributed by atoms with Gasteiger partial charge in [0.15, 0.2) is 18.1 Å². The minimum absolute atomic E-state index is 0.0720. The van der Waals surface area contributed by atoms with Crippen LogP contribution in [-0.2, 0) is 4.79 Å². The minimum Gasteiger partial charge on any atom is -0.493 e. The van der Waals surface area contributed by atoms with Gasteiger partial charge in [0.2, 0.25) is 0 Å². The third-order valence-corrected chi connectivity index (χ3v) is 6.61. The van der Waals surface area contributed by atoms with Gasteiger partial charge in [-0.1, -0.05) is 57.3 Å². The number of ether oxygens (including phenoxy) is 2. The summed E-state index contributed by atoms with van der Waals surface area (Å²) < 4.78 is 14.1. The Morgan fingerprint density at radius 1 is 1.13 bits per heavy atom. The molecule has 0 aliphatic rings. The first-order chi connectivity index (χ1) is 18.2. The van der Waals surface area contributed by atoms with Crippen molar-refractivity contribution in [3.8, 4) is 11.5 Å². The van der Waals surface area contributed by atoms with Gasteiger partial charge in [-0.2, -0.15) is 9.78 Å². The quantitative estimate of drug-likeness (QED) is 0.215. The van der Waals surface area contributed by atoms with Crippen molar-refractivity contribution >= 4 is 72.2 Å². The number of benzene rings is 3. The lowest BCUT2D eigenvalue weighted by Crippen LogP contribution is -2.23. The third kappa shape index (κ3) is 6.43. The van der Waals surface area contributed by atoms with Crippen LogP contribution in [-0.4, -0.2) is 35.5 Å². The molecular formula is C27H23Br2ClN4O4. The van der Waals surface area contributed by atoms with E-state index < -0.39 is 0 Å². The summed E-state index contributed by atoms with van der Waals surface area (Å²) in [4.78, 5) is 30.6. The molecule has 4 aromatic rings. The second-order valence-electron chi connectivity index (χ2n) is 8.52. The molecule has 0 unspecified atom stereocenters. The van der Waals surface area contributed by atoms with Crippen LogP contribution < -0.4 is 20.3 Å². The second kappa shape index (κ2) is 12.1. The predicted molar refractivity (Wildman–Crippen MR) is 157 cm³/mol. The molecule has 11 heteroatoms. The van der Waals surface area contributed by atoms with E-state index in [9.17, 15) is 9.59 Å². The molecule has 0 spiro atoms. The van der Waals surface area contributed by atoms with Crippen LogP contribution in [0.5, 0.6) is 11.5 Å². The number of nitrogens with one attached hydrogen (secondary N) is 1. The highest BCUT2D eigenvalue weighted by atomic mass is 79.9. The average Bonchev–Trinajstić information content (AvgIpc) is 2.88. The van der Waals surface area contributed by atoms with Gasteiger partial charge in [0.25, 0.3) is 11.5 Å². The maximum Gasteiger partial charge on any atom is 0.282 e. The van der Waals surface area contributed by atoms with Crippen molar-refractivity contribution in [1.29, 1.82) is 0 Å². The van der Waals surface area contributed by atoms with Crippen molar-refractivity contribution in [2.75, 3.05) is 19.0 Å². The molecule has 38 heavy (non-hydrogen) atoms. The zero-order valence-electron chi connectivity index (χ0n) is 20.7. The zero-order valence-corrected chi connectivity index (χ0v) is 24.6. The van der Waals surface area contributed by atoms with E-state index in [0.29, 0.717) is 49.0 Å². The topological polar surface area (TPSA) is 94.8 Å². The number of amides is 1. The highest BCUT2D eigenvalue weighted by molar-refractivity contribution is 9.10. The Bertz CT molecular complexity index is 1590. The van der Waals surface area contributed by atoms with Crippen LogP contribution in [0.4, 0.5) is 5.69 Å². The molecule has 8 nitrogen and oxygen atoms in total. The van der Waals surface area contributed by atoms with Crippen LogP contribution in [0, 0.1) is 0 Å². The largest absolute Gasteiger partial charge is 0.493 e. The summed E-state index contributed by atoms with van der Waals surface area (Å²) in [6.45, 7) is 3.59.